The molecule has 0 aromatic heterocycles. The van der Waals surface area contributed by atoms with E-state index in [0.29, 0.717) is 0 Å². The Morgan fingerprint density at radius 2 is 1.90 bits per heavy atom. The molecule has 0 spiro atoms. The lowest BCUT2D eigenvalue weighted by Crippen LogP contribution is -1.67. The average Bonchev–Trinajstić information content (AvgIpc) is 1.88. The molecule has 1 rings (SSSR count). The molecule has 0 radical (unpaired) electrons. The Labute approximate surface area is 72.9 Å². The van der Waals surface area contributed by atoms with Crippen LogP contribution in [0.1, 0.15) is 5.56 Å². The van der Waals surface area contributed by atoms with E-state index in [2.05, 4.69) is 0 Å². The predicted molar refractivity (Wildman–Crippen MR) is 49.5 cm³/mol. The molecule has 0 unspecified atom stereocenters. The van der Waals surface area contributed by atoms with Crippen molar-refractivity contribution in [1.29, 1.82) is 0 Å². The van der Waals surface area contributed by atoms with Crippen LogP contribution in [0.25, 0.3) is 6.08 Å². The van der Waals surface area contributed by atoms with Gasteiger partial charge in [-0.2, -0.15) is 4.39 Å². The van der Waals surface area contributed by atoms with Gasteiger partial charge in [-0.25, -0.2) is 0 Å². The molecule has 0 amide bonds. The smallest absolute Gasteiger partial charge is 0.161 e. The SMILES string of the molecule is F/C(I)=C\c1ccccc1. The zero-order chi connectivity index (χ0) is 7.40. The summed E-state index contributed by atoms with van der Waals surface area (Å²) in [4.78, 5) is 0. The first-order valence-electron chi connectivity index (χ1n) is 2.87. The zero-order valence-corrected chi connectivity index (χ0v) is 7.38. The van der Waals surface area contributed by atoms with Crippen LogP contribution in [0, 0.1) is 0 Å². The van der Waals surface area contributed by atoms with Crippen LogP contribution >= 0.6 is 22.6 Å². The quantitative estimate of drug-likeness (QED) is 0.668. The second kappa shape index (κ2) is 3.71. The van der Waals surface area contributed by atoms with Gasteiger partial charge in [0.1, 0.15) is 0 Å². The van der Waals surface area contributed by atoms with Crippen molar-refractivity contribution in [2.45, 2.75) is 0 Å². The van der Waals surface area contributed by atoms with Crippen LogP contribution in [-0.4, -0.2) is 0 Å². The molecular weight excluding hydrogens is 242 g/mol. The Morgan fingerprint density at radius 1 is 1.30 bits per heavy atom. The van der Waals surface area contributed by atoms with Gasteiger partial charge in [0, 0.05) is 0 Å². The molecule has 1 aromatic carbocycles. The first-order valence-corrected chi connectivity index (χ1v) is 3.94. The summed E-state index contributed by atoms with van der Waals surface area (Å²) in [7, 11) is 0. The second-order valence-electron chi connectivity index (χ2n) is 1.84. The molecule has 0 heterocycles. The Balaban J connectivity index is 2.87. The highest BCUT2D eigenvalue weighted by Gasteiger charge is 1.86. The summed E-state index contributed by atoms with van der Waals surface area (Å²) in [5.74, 6) is 0. The molecule has 0 saturated carbocycles. The minimum absolute atomic E-state index is 0.191. The number of benzene rings is 1. The van der Waals surface area contributed by atoms with Gasteiger partial charge < -0.3 is 0 Å². The van der Waals surface area contributed by atoms with Gasteiger partial charge >= 0.3 is 0 Å². The van der Waals surface area contributed by atoms with Crippen LogP contribution in [0.15, 0.2) is 34.2 Å². The first kappa shape index (κ1) is 7.72. The topological polar surface area (TPSA) is 0 Å². The molecule has 0 N–H and O–H groups in total. The molecule has 0 atom stereocenters. The largest absolute Gasteiger partial charge is 0.200 e. The fraction of sp³-hybridized carbons (Fsp3) is 0. The maximum Gasteiger partial charge on any atom is 0.161 e. The van der Waals surface area contributed by atoms with Gasteiger partial charge in [-0.15, -0.1) is 0 Å². The van der Waals surface area contributed by atoms with Gasteiger partial charge in [0.15, 0.2) is 3.83 Å². The van der Waals surface area contributed by atoms with Crippen LogP contribution in [0.4, 0.5) is 4.39 Å². The maximum absolute atomic E-state index is 12.2. The van der Waals surface area contributed by atoms with Gasteiger partial charge in [-0.1, -0.05) is 30.3 Å². The van der Waals surface area contributed by atoms with Crippen molar-refractivity contribution in [1.82, 2.24) is 0 Å². The molecule has 0 aliphatic heterocycles. The van der Waals surface area contributed by atoms with Crippen LogP contribution in [0.3, 0.4) is 0 Å². The summed E-state index contributed by atoms with van der Waals surface area (Å²) in [6.45, 7) is 0. The minimum Gasteiger partial charge on any atom is -0.200 e. The van der Waals surface area contributed by atoms with Crippen molar-refractivity contribution in [3.8, 4) is 0 Å². The summed E-state index contributed by atoms with van der Waals surface area (Å²) >= 11 is 1.64. The van der Waals surface area contributed by atoms with Crippen LogP contribution in [0.2, 0.25) is 0 Å². The van der Waals surface area contributed by atoms with Crippen LogP contribution in [-0.2, 0) is 0 Å². The number of rotatable bonds is 1. The standard InChI is InChI=1S/C8H6FI/c9-8(10)6-7-4-2-1-3-5-7/h1-6H/b8-6+. The highest BCUT2D eigenvalue weighted by molar-refractivity contribution is 14.1. The third-order valence-corrected chi connectivity index (χ3v) is 1.39. The van der Waals surface area contributed by atoms with Crippen molar-refractivity contribution in [2.75, 3.05) is 0 Å². The van der Waals surface area contributed by atoms with Gasteiger partial charge in [0.05, 0.1) is 0 Å². The number of halogens is 2. The van der Waals surface area contributed by atoms with E-state index in [1.807, 2.05) is 30.3 Å². The highest BCUT2D eigenvalue weighted by atomic mass is 127. The highest BCUT2D eigenvalue weighted by Crippen LogP contribution is 2.12. The van der Waals surface area contributed by atoms with Crippen LogP contribution < -0.4 is 0 Å². The Morgan fingerprint density at radius 3 is 2.40 bits per heavy atom. The van der Waals surface area contributed by atoms with Gasteiger partial charge in [-0.05, 0) is 34.2 Å². The Kier molecular flexibility index (Phi) is 2.86. The number of hydrogen-bond donors (Lipinski definition) is 0. The third-order valence-electron chi connectivity index (χ3n) is 1.08. The molecule has 0 fully saturated rings. The lowest BCUT2D eigenvalue weighted by molar-refractivity contribution is 0.718. The molecule has 1 aromatic rings. The normalized spacial score (nSPS) is 11.6. The predicted octanol–water partition coefficient (Wildman–Crippen LogP) is 3.39. The van der Waals surface area contributed by atoms with E-state index < -0.39 is 0 Å². The minimum atomic E-state index is -0.191. The Hall–Kier alpha value is -0.380. The van der Waals surface area contributed by atoms with Crippen LogP contribution in [0.5, 0.6) is 0 Å². The van der Waals surface area contributed by atoms with E-state index in [0.717, 1.165) is 5.56 Å². The van der Waals surface area contributed by atoms with Gasteiger partial charge in [0.25, 0.3) is 0 Å². The molecule has 10 heavy (non-hydrogen) atoms. The van der Waals surface area contributed by atoms with E-state index in [4.69, 9.17) is 0 Å². The Bertz CT molecular complexity index is 224. The number of hydrogen-bond acceptors (Lipinski definition) is 0. The molecule has 0 nitrogen and oxygen atoms in total. The fourth-order valence-electron chi connectivity index (χ4n) is 0.675. The van der Waals surface area contributed by atoms with Gasteiger partial charge in [-0.3, -0.25) is 0 Å². The molecule has 2 heteroatoms. The second-order valence-corrected chi connectivity index (χ2v) is 2.88. The molecule has 0 aliphatic carbocycles. The summed E-state index contributed by atoms with van der Waals surface area (Å²) in [5.41, 5.74) is 0.898. The van der Waals surface area contributed by atoms with E-state index >= 15 is 0 Å². The summed E-state index contributed by atoms with van der Waals surface area (Å²) in [6.07, 6.45) is 1.49. The summed E-state index contributed by atoms with van der Waals surface area (Å²) in [6, 6.07) is 9.38. The average molecular weight is 248 g/mol. The lowest BCUT2D eigenvalue weighted by Gasteiger charge is -1.88. The molecular formula is C8H6FI. The molecule has 0 bridgehead atoms. The van der Waals surface area contributed by atoms with Crippen molar-refractivity contribution in [3.63, 3.8) is 0 Å². The maximum atomic E-state index is 12.2. The van der Waals surface area contributed by atoms with Crippen molar-refractivity contribution in [3.05, 3.63) is 39.7 Å². The van der Waals surface area contributed by atoms with Crippen molar-refractivity contribution < 1.29 is 4.39 Å². The molecule has 0 aliphatic rings. The first-order chi connectivity index (χ1) is 4.79. The third kappa shape index (κ3) is 2.47. The molecule has 52 valence electrons. The van der Waals surface area contributed by atoms with E-state index in [-0.39, 0.29) is 3.83 Å². The molecule has 0 saturated heterocycles. The van der Waals surface area contributed by atoms with Crippen molar-refractivity contribution in [2.24, 2.45) is 0 Å². The van der Waals surface area contributed by atoms with Gasteiger partial charge in [0.2, 0.25) is 0 Å². The van der Waals surface area contributed by atoms with E-state index in [9.17, 15) is 4.39 Å². The summed E-state index contributed by atoms with van der Waals surface area (Å²) < 4.78 is 12.0. The monoisotopic (exact) mass is 248 g/mol. The lowest BCUT2D eigenvalue weighted by atomic mass is 10.2. The zero-order valence-electron chi connectivity index (χ0n) is 5.22. The summed E-state index contributed by atoms with van der Waals surface area (Å²) in [5, 5.41) is 0. The van der Waals surface area contributed by atoms with E-state index in [1.165, 1.54) is 6.08 Å². The van der Waals surface area contributed by atoms with E-state index in [1.54, 1.807) is 22.6 Å². The van der Waals surface area contributed by atoms with Crippen molar-refractivity contribution >= 4 is 28.7 Å². The fourth-order valence-corrected chi connectivity index (χ4v) is 1.03.